The number of unbranched alkanes of at least 4 members (excludes halogenated alkanes) is 8. The van der Waals surface area contributed by atoms with Gasteiger partial charge in [-0.3, -0.25) is 0 Å². The van der Waals surface area contributed by atoms with Gasteiger partial charge in [0.25, 0.3) is 0 Å². The molecule has 21 heavy (non-hydrogen) atoms. The predicted molar refractivity (Wildman–Crippen MR) is 93.0 cm³/mol. The van der Waals surface area contributed by atoms with Gasteiger partial charge in [-0.15, -0.1) is 11.6 Å². The molecule has 0 amide bonds. The Morgan fingerprint density at radius 2 is 1.29 bits per heavy atom. The maximum Gasteiger partial charge on any atom is 0.0580 e. The van der Waals surface area contributed by atoms with Crippen molar-refractivity contribution >= 4 is 11.6 Å². The Labute approximate surface area is 135 Å². The van der Waals surface area contributed by atoms with Gasteiger partial charge in [-0.2, -0.15) is 0 Å². The molecule has 0 bridgehead atoms. The van der Waals surface area contributed by atoms with Gasteiger partial charge in [-0.1, -0.05) is 81.7 Å². The average Bonchev–Trinajstić information content (AvgIpc) is 2.50. The number of halogens is 1. The first-order valence-corrected chi connectivity index (χ1v) is 9.14. The third-order valence-corrected chi connectivity index (χ3v) is 4.25. The molecule has 2 heteroatoms. The largest absolute Gasteiger partial charge is 0.393 e. The third kappa shape index (κ3) is 10.8. The summed E-state index contributed by atoms with van der Waals surface area (Å²) in [5.41, 5.74) is 1.24. The van der Waals surface area contributed by atoms with E-state index in [-0.39, 0.29) is 6.10 Å². The molecule has 0 aliphatic carbocycles. The Morgan fingerprint density at radius 1 is 0.762 bits per heavy atom. The zero-order chi connectivity index (χ0) is 15.2. The van der Waals surface area contributed by atoms with Crippen molar-refractivity contribution in [2.75, 3.05) is 5.88 Å². The van der Waals surface area contributed by atoms with Gasteiger partial charge in [0.15, 0.2) is 0 Å². The third-order valence-electron chi connectivity index (χ3n) is 3.99. The number of hydrogen-bond acceptors (Lipinski definition) is 1. The quantitative estimate of drug-likeness (QED) is 0.364. The SMILES string of the molecule is OC(CCCCCCCCCCCCl)Cc1ccccc1. The van der Waals surface area contributed by atoms with Crippen LogP contribution in [0.1, 0.15) is 69.8 Å². The second kappa shape index (κ2) is 13.2. The van der Waals surface area contributed by atoms with Crippen molar-refractivity contribution in [1.29, 1.82) is 0 Å². The molecule has 0 saturated heterocycles. The second-order valence-electron chi connectivity index (χ2n) is 6.00. The second-order valence-corrected chi connectivity index (χ2v) is 6.38. The minimum atomic E-state index is -0.178. The molecular formula is C19H31ClO. The summed E-state index contributed by atoms with van der Waals surface area (Å²) in [6.07, 6.45) is 13.1. The first-order valence-electron chi connectivity index (χ1n) is 8.61. The minimum Gasteiger partial charge on any atom is -0.393 e. The Hall–Kier alpha value is -0.530. The highest BCUT2D eigenvalue weighted by Gasteiger charge is 2.04. The van der Waals surface area contributed by atoms with Crippen LogP contribution in [0, 0.1) is 0 Å². The molecule has 0 heterocycles. The van der Waals surface area contributed by atoms with Gasteiger partial charge in [0, 0.05) is 5.88 Å². The molecule has 120 valence electrons. The monoisotopic (exact) mass is 310 g/mol. The van der Waals surface area contributed by atoms with Crippen LogP contribution in [0.25, 0.3) is 0 Å². The van der Waals surface area contributed by atoms with Crippen LogP contribution in [0.5, 0.6) is 0 Å². The molecular weight excluding hydrogens is 280 g/mol. The van der Waals surface area contributed by atoms with E-state index in [0.29, 0.717) is 0 Å². The Bertz CT molecular complexity index is 326. The smallest absolute Gasteiger partial charge is 0.0580 e. The number of hydrogen-bond donors (Lipinski definition) is 1. The van der Waals surface area contributed by atoms with Crippen molar-refractivity contribution in [3.63, 3.8) is 0 Å². The van der Waals surface area contributed by atoms with Gasteiger partial charge in [0.2, 0.25) is 0 Å². The van der Waals surface area contributed by atoms with Crippen LogP contribution in [-0.2, 0) is 6.42 Å². The topological polar surface area (TPSA) is 20.2 Å². The van der Waals surface area contributed by atoms with Gasteiger partial charge in [-0.25, -0.2) is 0 Å². The number of rotatable bonds is 13. The van der Waals surface area contributed by atoms with Crippen LogP contribution in [0.15, 0.2) is 30.3 Å². The molecule has 1 aromatic carbocycles. The number of aliphatic hydroxyl groups is 1. The van der Waals surface area contributed by atoms with Crippen molar-refractivity contribution < 1.29 is 5.11 Å². The van der Waals surface area contributed by atoms with E-state index in [9.17, 15) is 5.11 Å². The lowest BCUT2D eigenvalue weighted by atomic mass is 10.0. The molecule has 1 atom stereocenters. The highest BCUT2D eigenvalue weighted by Crippen LogP contribution is 2.13. The summed E-state index contributed by atoms with van der Waals surface area (Å²) in [6.45, 7) is 0. The molecule has 1 rings (SSSR count). The molecule has 0 aliphatic heterocycles. The lowest BCUT2D eigenvalue weighted by Gasteiger charge is -2.10. The number of alkyl halides is 1. The predicted octanol–water partition coefficient (Wildman–Crippen LogP) is 5.73. The summed E-state index contributed by atoms with van der Waals surface area (Å²) in [6, 6.07) is 10.3. The lowest BCUT2D eigenvalue weighted by Crippen LogP contribution is -2.10. The maximum absolute atomic E-state index is 10.0. The van der Waals surface area contributed by atoms with Crippen LogP contribution < -0.4 is 0 Å². The van der Waals surface area contributed by atoms with Gasteiger partial charge >= 0.3 is 0 Å². The molecule has 1 aromatic rings. The first kappa shape index (κ1) is 18.5. The normalized spacial score (nSPS) is 12.5. The zero-order valence-electron chi connectivity index (χ0n) is 13.3. The number of aliphatic hydroxyl groups excluding tert-OH is 1. The molecule has 1 unspecified atom stereocenters. The summed E-state index contributed by atoms with van der Waals surface area (Å²) in [7, 11) is 0. The van der Waals surface area contributed by atoms with Crippen molar-refractivity contribution in [3.05, 3.63) is 35.9 Å². The van der Waals surface area contributed by atoms with Gasteiger partial charge in [-0.05, 0) is 24.8 Å². The van der Waals surface area contributed by atoms with Gasteiger partial charge in [0.1, 0.15) is 0 Å². The van der Waals surface area contributed by atoms with E-state index in [4.69, 9.17) is 11.6 Å². The fourth-order valence-corrected chi connectivity index (χ4v) is 2.89. The lowest BCUT2D eigenvalue weighted by molar-refractivity contribution is 0.161. The van der Waals surface area contributed by atoms with Crippen LogP contribution in [-0.4, -0.2) is 17.1 Å². The van der Waals surface area contributed by atoms with E-state index in [1.165, 1.54) is 56.9 Å². The van der Waals surface area contributed by atoms with E-state index >= 15 is 0 Å². The van der Waals surface area contributed by atoms with Crippen LogP contribution in [0.4, 0.5) is 0 Å². The molecule has 1 nitrogen and oxygen atoms in total. The van der Waals surface area contributed by atoms with E-state index in [1.807, 2.05) is 18.2 Å². The first-order chi connectivity index (χ1) is 10.3. The van der Waals surface area contributed by atoms with Crippen LogP contribution >= 0.6 is 11.6 Å². The Morgan fingerprint density at radius 3 is 1.86 bits per heavy atom. The minimum absolute atomic E-state index is 0.178. The average molecular weight is 311 g/mol. The van der Waals surface area contributed by atoms with Gasteiger partial charge < -0.3 is 5.11 Å². The molecule has 0 spiro atoms. The molecule has 1 N–H and O–H groups in total. The van der Waals surface area contributed by atoms with E-state index < -0.39 is 0 Å². The summed E-state index contributed by atoms with van der Waals surface area (Å²) in [5, 5.41) is 10.0. The zero-order valence-corrected chi connectivity index (χ0v) is 14.0. The van der Waals surface area contributed by atoms with Crippen molar-refractivity contribution in [3.8, 4) is 0 Å². The molecule has 0 radical (unpaired) electrons. The standard InChI is InChI=1S/C19H31ClO/c20-16-12-7-5-3-1-2-4-6-11-15-19(21)17-18-13-9-8-10-14-18/h8-10,13-14,19,21H,1-7,11-12,15-17H2. The highest BCUT2D eigenvalue weighted by molar-refractivity contribution is 6.17. The number of benzene rings is 1. The highest BCUT2D eigenvalue weighted by atomic mass is 35.5. The Balaban J connectivity index is 1.87. The molecule has 0 fully saturated rings. The van der Waals surface area contributed by atoms with Crippen molar-refractivity contribution in [1.82, 2.24) is 0 Å². The van der Waals surface area contributed by atoms with E-state index in [1.54, 1.807) is 0 Å². The molecule has 0 aliphatic rings. The van der Waals surface area contributed by atoms with Crippen LogP contribution in [0.3, 0.4) is 0 Å². The van der Waals surface area contributed by atoms with E-state index in [0.717, 1.165) is 25.1 Å². The maximum atomic E-state index is 10.0. The fourth-order valence-electron chi connectivity index (χ4n) is 2.70. The van der Waals surface area contributed by atoms with Crippen molar-refractivity contribution in [2.24, 2.45) is 0 Å². The van der Waals surface area contributed by atoms with Crippen molar-refractivity contribution in [2.45, 2.75) is 76.7 Å². The van der Waals surface area contributed by atoms with Gasteiger partial charge in [0.05, 0.1) is 6.10 Å². The van der Waals surface area contributed by atoms with E-state index in [2.05, 4.69) is 12.1 Å². The molecule has 0 saturated carbocycles. The fraction of sp³-hybridized carbons (Fsp3) is 0.684. The summed E-state index contributed by atoms with van der Waals surface area (Å²) >= 11 is 5.65. The Kier molecular flexibility index (Phi) is 11.6. The van der Waals surface area contributed by atoms with Crippen LogP contribution in [0.2, 0.25) is 0 Å². The summed E-state index contributed by atoms with van der Waals surface area (Å²) in [4.78, 5) is 0. The summed E-state index contributed by atoms with van der Waals surface area (Å²) < 4.78 is 0. The summed E-state index contributed by atoms with van der Waals surface area (Å²) in [5.74, 6) is 0.811. The molecule has 0 aromatic heterocycles.